The topological polar surface area (TPSA) is 50.8 Å². The maximum Gasteiger partial charge on any atom is 0.308 e. The van der Waals surface area contributed by atoms with Gasteiger partial charge in [0, 0.05) is 52.4 Å². The summed E-state index contributed by atoms with van der Waals surface area (Å²) in [5, 5.41) is 3.43. The first-order valence-electron chi connectivity index (χ1n) is 8.55. The van der Waals surface area contributed by atoms with Crippen molar-refractivity contribution in [2.75, 3.05) is 39.4 Å². The lowest BCUT2D eigenvalue weighted by Crippen LogP contribution is -2.47. The first-order valence-corrected chi connectivity index (χ1v) is 8.55. The molecule has 0 spiro atoms. The molecule has 0 unspecified atom stereocenters. The Balaban J connectivity index is 1.79. The molecule has 5 nitrogen and oxygen atoms in total. The largest absolute Gasteiger partial charge is 0.427 e. The van der Waals surface area contributed by atoms with Gasteiger partial charge < -0.3 is 14.8 Å². The van der Waals surface area contributed by atoms with Crippen LogP contribution in [0.1, 0.15) is 31.4 Å². The summed E-state index contributed by atoms with van der Waals surface area (Å²) in [6.07, 6.45) is 2.22. The summed E-state index contributed by atoms with van der Waals surface area (Å²) in [4.78, 5) is 13.7. The van der Waals surface area contributed by atoms with Gasteiger partial charge in [-0.3, -0.25) is 9.69 Å². The van der Waals surface area contributed by atoms with Crippen molar-refractivity contribution in [3.05, 3.63) is 29.8 Å². The lowest BCUT2D eigenvalue weighted by molar-refractivity contribution is -0.131. The van der Waals surface area contributed by atoms with E-state index in [1.807, 2.05) is 12.1 Å². The zero-order valence-electron chi connectivity index (χ0n) is 13.8. The van der Waals surface area contributed by atoms with Crippen LogP contribution in [0, 0.1) is 5.92 Å². The van der Waals surface area contributed by atoms with Gasteiger partial charge in [-0.05, 0) is 36.5 Å². The summed E-state index contributed by atoms with van der Waals surface area (Å²) in [7, 11) is 0. The van der Waals surface area contributed by atoms with Crippen LogP contribution in [-0.2, 0) is 9.53 Å². The van der Waals surface area contributed by atoms with Gasteiger partial charge in [0.2, 0.25) is 0 Å². The number of hydrogen-bond acceptors (Lipinski definition) is 5. The fourth-order valence-electron chi connectivity index (χ4n) is 3.67. The van der Waals surface area contributed by atoms with E-state index in [2.05, 4.69) is 22.3 Å². The van der Waals surface area contributed by atoms with Crippen molar-refractivity contribution in [3.63, 3.8) is 0 Å². The molecule has 3 rings (SSSR count). The Kier molecular flexibility index (Phi) is 5.65. The molecule has 0 radical (unpaired) electrons. The van der Waals surface area contributed by atoms with E-state index in [9.17, 15) is 4.79 Å². The van der Waals surface area contributed by atoms with Gasteiger partial charge >= 0.3 is 5.97 Å². The SMILES string of the molecule is CC(=O)Oc1ccc([C@@H](C2CCOCC2)N2CCNCC2)cc1. The first kappa shape index (κ1) is 16.4. The normalized spacial score (nSPS) is 21.8. The summed E-state index contributed by atoms with van der Waals surface area (Å²) < 4.78 is 10.7. The summed E-state index contributed by atoms with van der Waals surface area (Å²) in [6.45, 7) is 7.40. The number of carbonyl (C=O) groups is 1. The molecule has 1 aromatic carbocycles. The molecule has 1 atom stereocenters. The maximum atomic E-state index is 11.1. The average Bonchev–Trinajstić information content (AvgIpc) is 2.58. The molecule has 2 aliphatic heterocycles. The van der Waals surface area contributed by atoms with E-state index >= 15 is 0 Å². The third-order valence-corrected chi connectivity index (χ3v) is 4.74. The molecular weight excluding hydrogens is 292 g/mol. The van der Waals surface area contributed by atoms with E-state index in [4.69, 9.17) is 9.47 Å². The standard InChI is InChI=1S/C18H26N2O3/c1-14(21)23-17-4-2-15(3-5-17)18(16-6-12-22-13-7-16)20-10-8-19-9-11-20/h2-5,16,18-19H,6-13H2,1H3/t18-/m0/s1. The number of carbonyl (C=O) groups excluding carboxylic acids is 1. The van der Waals surface area contributed by atoms with E-state index in [0.29, 0.717) is 17.7 Å². The summed E-state index contributed by atoms with van der Waals surface area (Å²) in [6, 6.07) is 8.46. The van der Waals surface area contributed by atoms with Gasteiger partial charge in [-0.15, -0.1) is 0 Å². The molecular formula is C18H26N2O3. The van der Waals surface area contributed by atoms with E-state index < -0.39 is 0 Å². The highest BCUT2D eigenvalue weighted by Crippen LogP contribution is 2.35. The molecule has 0 saturated carbocycles. The van der Waals surface area contributed by atoms with Gasteiger partial charge in [0.1, 0.15) is 5.75 Å². The van der Waals surface area contributed by atoms with E-state index in [1.165, 1.54) is 12.5 Å². The van der Waals surface area contributed by atoms with Crippen molar-refractivity contribution in [3.8, 4) is 5.75 Å². The van der Waals surface area contributed by atoms with Crippen LogP contribution < -0.4 is 10.1 Å². The Morgan fingerprint density at radius 2 is 1.87 bits per heavy atom. The molecule has 2 heterocycles. The number of hydrogen-bond donors (Lipinski definition) is 1. The molecule has 2 saturated heterocycles. The van der Waals surface area contributed by atoms with Gasteiger partial charge in [0.05, 0.1) is 0 Å². The van der Waals surface area contributed by atoms with Gasteiger partial charge in [-0.25, -0.2) is 0 Å². The van der Waals surface area contributed by atoms with E-state index in [0.717, 1.165) is 52.2 Å². The number of nitrogens with one attached hydrogen (secondary N) is 1. The Morgan fingerprint density at radius 1 is 1.22 bits per heavy atom. The Labute approximate surface area is 137 Å². The quantitative estimate of drug-likeness (QED) is 0.679. The van der Waals surface area contributed by atoms with Gasteiger partial charge in [0.15, 0.2) is 0 Å². The zero-order valence-corrected chi connectivity index (χ0v) is 13.8. The second-order valence-electron chi connectivity index (χ2n) is 6.34. The van der Waals surface area contributed by atoms with Crippen LogP contribution in [0.4, 0.5) is 0 Å². The van der Waals surface area contributed by atoms with Crippen LogP contribution in [0.15, 0.2) is 24.3 Å². The molecule has 1 aromatic rings. The number of esters is 1. The lowest BCUT2D eigenvalue weighted by Gasteiger charge is -2.41. The number of benzene rings is 1. The van der Waals surface area contributed by atoms with Crippen molar-refractivity contribution in [2.45, 2.75) is 25.8 Å². The van der Waals surface area contributed by atoms with Gasteiger partial charge in [-0.2, -0.15) is 0 Å². The predicted molar refractivity (Wildman–Crippen MR) is 88.5 cm³/mol. The Morgan fingerprint density at radius 3 is 2.48 bits per heavy atom. The van der Waals surface area contributed by atoms with Crippen LogP contribution in [0.5, 0.6) is 5.75 Å². The molecule has 2 aliphatic rings. The fourth-order valence-corrected chi connectivity index (χ4v) is 3.67. The fraction of sp³-hybridized carbons (Fsp3) is 0.611. The van der Waals surface area contributed by atoms with E-state index in [1.54, 1.807) is 0 Å². The average molecular weight is 318 g/mol. The molecule has 23 heavy (non-hydrogen) atoms. The molecule has 0 amide bonds. The molecule has 0 aromatic heterocycles. The molecule has 0 aliphatic carbocycles. The second-order valence-corrected chi connectivity index (χ2v) is 6.34. The van der Waals surface area contributed by atoms with Crippen molar-refractivity contribution >= 4 is 5.97 Å². The summed E-state index contributed by atoms with van der Waals surface area (Å²) in [5.41, 5.74) is 1.31. The number of nitrogens with zero attached hydrogens (tertiary/aromatic N) is 1. The van der Waals surface area contributed by atoms with Crippen molar-refractivity contribution in [1.29, 1.82) is 0 Å². The third-order valence-electron chi connectivity index (χ3n) is 4.74. The molecule has 2 fully saturated rings. The zero-order chi connectivity index (χ0) is 16.1. The summed E-state index contributed by atoms with van der Waals surface area (Å²) in [5.74, 6) is 0.967. The minimum Gasteiger partial charge on any atom is -0.427 e. The van der Waals surface area contributed by atoms with E-state index in [-0.39, 0.29) is 5.97 Å². The summed E-state index contributed by atoms with van der Waals surface area (Å²) >= 11 is 0. The van der Waals surface area contributed by atoms with Crippen LogP contribution in [-0.4, -0.2) is 50.3 Å². The van der Waals surface area contributed by atoms with Gasteiger partial charge in [0.25, 0.3) is 0 Å². The minimum absolute atomic E-state index is 0.277. The first-order chi connectivity index (χ1) is 11.2. The number of piperazine rings is 1. The monoisotopic (exact) mass is 318 g/mol. The maximum absolute atomic E-state index is 11.1. The van der Waals surface area contributed by atoms with Crippen molar-refractivity contribution in [2.24, 2.45) is 5.92 Å². The highest BCUT2D eigenvalue weighted by Gasteiger charge is 2.31. The Bertz CT molecular complexity index is 488. The van der Waals surface area contributed by atoms with Crippen molar-refractivity contribution in [1.82, 2.24) is 10.2 Å². The highest BCUT2D eigenvalue weighted by molar-refractivity contribution is 5.69. The molecule has 126 valence electrons. The highest BCUT2D eigenvalue weighted by atomic mass is 16.5. The van der Waals surface area contributed by atoms with Crippen LogP contribution >= 0.6 is 0 Å². The molecule has 5 heteroatoms. The van der Waals surface area contributed by atoms with Crippen LogP contribution in [0.2, 0.25) is 0 Å². The van der Waals surface area contributed by atoms with Crippen LogP contribution in [0.3, 0.4) is 0 Å². The molecule has 1 N–H and O–H groups in total. The smallest absolute Gasteiger partial charge is 0.308 e. The second kappa shape index (κ2) is 7.90. The van der Waals surface area contributed by atoms with Crippen LogP contribution in [0.25, 0.3) is 0 Å². The predicted octanol–water partition coefficient (Wildman–Crippen LogP) is 1.98. The lowest BCUT2D eigenvalue weighted by atomic mass is 9.85. The number of ether oxygens (including phenoxy) is 2. The van der Waals surface area contributed by atoms with Crippen molar-refractivity contribution < 1.29 is 14.3 Å². The van der Waals surface area contributed by atoms with Gasteiger partial charge in [-0.1, -0.05) is 12.1 Å². The minimum atomic E-state index is -0.277. The molecule has 0 bridgehead atoms. The number of rotatable bonds is 4. The Hall–Kier alpha value is -1.43. The third kappa shape index (κ3) is 4.31.